The van der Waals surface area contributed by atoms with E-state index in [4.69, 9.17) is 26.1 Å². The number of anilines is 1. The molecular formula is C26H22N2O5S. The summed E-state index contributed by atoms with van der Waals surface area (Å²) in [7, 11) is 1.52. The van der Waals surface area contributed by atoms with Gasteiger partial charge in [0.2, 0.25) is 0 Å². The molecule has 1 amide bonds. The van der Waals surface area contributed by atoms with Crippen molar-refractivity contribution < 1.29 is 18.7 Å². The molecule has 0 unspecified atom stereocenters. The van der Waals surface area contributed by atoms with Crippen LogP contribution in [-0.4, -0.2) is 24.7 Å². The first-order chi connectivity index (χ1) is 16.5. The first kappa shape index (κ1) is 23.0. The maximum Gasteiger partial charge on any atom is 0.344 e. The molecule has 1 aromatic heterocycles. The lowest BCUT2D eigenvalue weighted by Gasteiger charge is -2.14. The normalized spacial score (nSPS) is 10.5. The molecule has 3 aromatic carbocycles. The fourth-order valence-corrected chi connectivity index (χ4v) is 3.66. The number of para-hydroxylation sites is 1. The number of benzene rings is 3. The Morgan fingerprint density at radius 1 is 1.03 bits per heavy atom. The van der Waals surface area contributed by atoms with Crippen LogP contribution in [0.4, 0.5) is 5.69 Å². The molecule has 0 radical (unpaired) electrons. The number of hydrogen-bond donors (Lipinski definition) is 2. The molecule has 172 valence electrons. The van der Waals surface area contributed by atoms with Gasteiger partial charge in [0.25, 0.3) is 5.91 Å². The smallest absolute Gasteiger partial charge is 0.344 e. The highest BCUT2D eigenvalue weighted by Gasteiger charge is 2.14. The van der Waals surface area contributed by atoms with Crippen LogP contribution < -0.4 is 25.7 Å². The summed E-state index contributed by atoms with van der Waals surface area (Å²) in [6.07, 6.45) is 0. The number of ether oxygens (including phenoxy) is 2. The van der Waals surface area contributed by atoms with E-state index in [1.165, 1.54) is 7.11 Å². The van der Waals surface area contributed by atoms with Crippen molar-refractivity contribution in [3.8, 4) is 22.6 Å². The Hall–Kier alpha value is -4.17. The van der Waals surface area contributed by atoms with Gasteiger partial charge in [-0.1, -0.05) is 30.3 Å². The summed E-state index contributed by atoms with van der Waals surface area (Å²) in [6, 6.07) is 21.1. The first-order valence-electron chi connectivity index (χ1n) is 10.5. The molecular weight excluding hydrogens is 452 g/mol. The predicted octanol–water partition coefficient (Wildman–Crippen LogP) is 4.99. The summed E-state index contributed by atoms with van der Waals surface area (Å²) in [5, 5.41) is 6.51. The van der Waals surface area contributed by atoms with Crippen LogP contribution in [0.5, 0.6) is 11.5 Å². The van der Waals surface area contributed by atoms with Gasteiger partial charge in [0.1, 0.15) is 17.1 Å². The van der Waals surface area contributed by atoms with E-state index in [0.29, 0.717) is 46.1 Å². The van der Waals surface area contributed by atoms with E-state index in [1.54, 1.807) is 54.6 Å². The van der Waals surface area contributed by atoms with Gasteiger partial charge in [0.05, 0.1) is 25.0 Å². The molecule has 8 heteroatoms. The number of hydrogen-bond acceptors (Lipinski definition) is 6. The highest BCUT2D eigenvalue weighted by molar-refractivity contribution is 7.80. The van der Waals surface area contributed by atoms with Gasteiger partial charge in [-0.25, -0.2) is 4.79 Å². The lowest BCUT2D eigenvalue weighted by Crippen LogP contribution is -2.34. The molecule has 34 heavy (non-hydrogen) atoms. The second kappa shape index (κ2) is 10.2. The number of nitrogens with one attached hydrogen (secondary N) is 2. The summed E-state index contributed by atoms with van der Waals surface area (Å²) in [5.41, 5.74) is 1.96. The highest BCUT2D eigenvalue weighted by Crippen LogP contribution is 2.30. The third-order valence-corrected chi connectivity index (χ3v) is 5.24. The van der Waals surface area contributed by atoms with E-state index in [1.807, 2.05) is 25.1 Å². The maximum absolute atomic E-state index is 12.6. The summed E-state index contributed by atoms with van der Waals surface area (Å²) >= 11 is 5.34. The first-order valence-corrected chi connectivity index (χ1v) is 11.0. The van der Waals surface area contributed by atoms with E-state index in [0.717, 1.165) is 5.39 Å². The average molecular weight is 475 g/mol. The van der Waals surface area contributed by atoms with Crippen LogP contribution in [-0.2, 0) is 0 Å². The van der Waals surface area contributed by atoms with Crippen molar-refractivity contribution in [2.24, 2.45) is 0 Å². The molecule has 0 fully saturated rings. The van der Waals surface area contributed by atoms with Gasteiger partial charge >= 0.3 is 5.63 Å². The Morgan fingerprint density at radius 3 is 2.65 bits per heavy atom. The van der Waals surface area contributed by atoms with Gasteiger partial charge in [-0.3, -0.25) is 10.1 Å². The molecule has 0 saturated heterocycles. The molecule has 0 aliphatic rings. The largest absolute Gasteiger partial charge is 0.495 e. The Kier molecular flexibility index (Phi) is 6.89. The molecule has 0 bridgehead atoms. The third-order valence-electron chi connectivity index (χ3n) is 5.03. The van der Waals surface area contributed by atoms with Crippen LogP contribution in [0, 0.1) is 0 Å². The fraction of sp³-hybridized carbons (Fsp3) is 0.115. The number of carbonyl (C=O) groups excluding carboxylic acids is 1. The Morgan fingerprint density at radius 2 is 1.85 bits per heavy atom. The molecule has 0 spiro atoms. The number of carbonyl (C=O) groups is 1. The zero-order valence-corrected chi connectivity index (χ0v) is 19.4. The minimum Gasteiger partial charge on any atom is -0.495 e. The highest BCUT2D eigenvalue weighted by atomic mass is 32.1. The number of rotatable bonds is 6. The molecule has 2 N–H and O–H groups in total. The van der Waals surface area contributed by atoms with E-state index in [9.17, 15) is 9.59 Å². The van der Waals surface area contributed by atoms with Crippen LogP contribution >= 0.6 is 12.2 Å². The minimum atomic E-state index is -0.458. The lowest BCUT2D eigenvalue weighted by atomic mass is 10.0. The van der Waals surface area contributed by atoms with Gasteiger partial charge in [0, 0.05) is 10.9 Å². The van der Waals surface area contributed by atoms with Crippen LogP contribution in [0.25, 0.3) is 22.1 Å². The van der Waals surface area contributed by atoms with E-state index >= 15 is 0 Å². The molecule has 1 heterocycles. The monoisotopic (exact) mass is 474 g/mol. The standard InChI is InChI=1S/C26H22N2O5S/c1-3-32-19-9-6-8-18(13-19)24(29)28-26(34)27-21-15-16(11-12-23(21)31-2)20-14-17-7-4-5-10-22(17)33-25(20)30/h4-15H,3H2,1-2H3,(H2,27,28,29,34). The zero-order chi connectivity index (χ0) is 24.1. The van der Waals surface area contributed by atoms with Crippen molar-refractivity contribution in [2.75, 3.05) is 19.0 Å². The van der Waals surface area contributed by atoms with Gasteiger partial charge < -0.3 is 19.2 Å². The third kappa shape index (κ3) is 5.07. The lowest BCUT2D eigenvalue weighted by molar-refractivity contribution is 0.0977. The number of methoxy groups -OCH3 is 1. The van der Waals surface area contributed by atoms with Gasteiger partial charge in [-0.2, -0.15) is 0 Å². The Bertz CT molecular complexity index is 1430. The van der Waals surface area contributed by atoms with Crippen molar-refractivity contribution in [3.63, 3.8) is 0 Å². The van der Waals surface area contributed by atoms with Crippen molar-refractivity contribution in [1.82, 2.24) is 5.32 Å². The van der Waals surface area contributed by atoms with Crippen LogP contribution in [0.15, 0.2) is 82.0 Å². The second-order valence-electron chi connectivity index (χ2n) is 7.27. The molecule has 0 atom stereocenters. The molecule has 0 aliphatic carbocycles. The fourth-order valence-electron chi connectivity index (χ4n) is 3.46. The average Bonchev–Trinajstić information content (AvgIpc) is 2.84. The second-order valence-corrected chi connectivity index (χ2v) is 7.68. The van der Waals surface area contributed by atoms with Gasteiger partial charge in [0.15, 0.2) is 5.11 Å². The van der Waals surface area contributed by atoms with Crippen LogP contribution in [0.1, 0.15) is 17.3 Å². The Balaban J connectivity index is 1.57. The molecule has 4 rings (SSSR count). The van der Waals surface area contributed by atoms with Crippen LogP contribution in [0.3, 0.4) is 0 Å². The molecule has 0 saturated carbocycles. The van der Waals surface area contributed by atoms with E-state index in [-0.39, 0.29) is 11.0 Å². The van der Waals surface area contributed by atoms with Gasteiger partial charge in [-0.15, -0.1) is 0 Å². The van der Waals surface area contributed by atoms with E-state index < -0.39 is 5.63 Å². The molecule has 0 aliphatic heterocycles. The SMILES string of the molecule is CCOc1cccc(C(=O)NC(=S)Nc2cc(-c3cc4ccccc4oc3=O)ccc2OC)c1. The van der Waals surface area contributed by atoms with Crippen molar-refractivity contribution >= 4 is 39.9 Å². The minimum absolute atomic E-state index is 0.0767. The number of amides is 1. The quantitative estimate of drug-likeness (QED) is 0.300. The summed E-state index contributed by atoms with van der Waals surface area (Å²) in [4.78, 5) is 25.2. The molecule has 7 nitrogen and oxygen atoms in total. The topological polar surface area (TPSA) is 89.8 Å². The number of thiocarbonyl (C=S) groups is 1. The van der Waals surface area contributed by atoms with Crippen molar-refractivity contribution in [3.05, 3.63) is 88.8 Å². The van der Waals surface area contributed by atoms with E-state index in [2.05, 4.69) is 10.6 Å². The molecule has 4 aromatic rings. The summed E-state index contributed by atoms with van der Waals surface area (Å²) in [6.45, 7) is 2.37. The van der Waals surface area contributed by atoms with Crippen LogP contribution in [0.2, 0.25) is 0 Å². The van der Waals surface area contributed by atoms with Crippen molar-refractivity contribution in [2.45, 2.75) is 6.92 Å². The predicted molar refractivity (Wildman–Crippen MR) is 136 cm³/mol. The van der Waals surface area contributed by atoms with Gasteiger partial charge in [-0.05, 0) is 67.2 Å². The Labute approximate surface area is 201 Å². The zero-order valence-electron chi connectivity index (χ0n) is 18.6. The summed E-state index contributed by atoms with van der Waals surface area (Å²) < 4.78 is 16.3. The maximum atomic E-state index is 12.6. The van der Waals surface area contributed by atoms with Crippen molar-refractivity contribution in [1.29, 1.82) is 0 Å². The number of fused-ring (bicyclic) bond motifs is 1. The summed E-state index contributed by atoms with van der Waals surface area (Å²) in [5.74, 6) is 0.700.